The summed E-state index contributed by atoms with van der Waals surface area (Å²) in [6.45, 7) is 1.67. The average Bonchev–Trinajstić information content (AvgIpc) is 3.47. The second-order valence-corrected chi connectivity index (χ2v) is 10.9. The Labute approximate surface area is 260 Å². The third kappa shape index (κ3) is 5.67. The molecule has 230 valence electrons. The fourth-order valence-corrected chi connectivity index (χ4v) is 5.39. The third-order valence-corrected chi connectivity index (χ3v) is 7.61. The van der Waals surface area contributed by atoms with Crippen LogP contribution in [0.5, 0.6) is 17.2 Å². The Morgan fingerprint density at radius 1 is 1.22 bits per heavy atom. The van der Waals surface area contributed by atoms with E-state index in [0.717, 1.165) is 0 Å². The van der Waals surface area contributed by atoms with Crippen molar-refractivity contribution in [2.45, 2.75) is 13.0 Å². The Morgan fingerprint density at radius 2 is 2.11 bits per heavy atom. The number of nitrogens with zero attached hydrogens (tertiary/aromatic N) is 9. The summed E-state index contributed by atoms with van der Waals surface area (Å²) in [6, 6.07) is 7.89. The van der Waals surface area contributed by atoms with Gasteiger partial charge >= 0.3 is 0 Å². The normalized spacial score (nSPS) is 17.2. The lowest BCUT2D eigenvalue weighted by atomic mass is 10.1. The number of fused-ring (bicyclic) bond motifs is 6. The largest absolute Gasteiger partial charge is 0.487 e. The van der Waals surface area contributed by atoms with E-state index in [1.54, 1.807) is 54.0 Å². The van der Waals surface area contributed by atoms with Crippen molar-refractivity contribution in [3.8, 4) is 17.2 Å². The molecule has 1 amide bonds. The third-order valence-electron chi connectivity index (χ3n) is 7.61. The van der Waals surface area contributed by atoms with Gasteiger partial charge in [0.25, 0.3) is 0 Å². The van der Waals surface area contributed by atoms with Crippen molar-refractivity contribution < 1.29 is 21.4 Å². The van der Waals surface area contributed by atoms with Crippen LogP contribution < -0.4 is 19.7 Å². The van der Waals surface area contributed by atoms with E-state index in [9.17, 15) is 4.79 Å². The van der Waals surface area contributed by atoms with Gasteiger partial charge in [-0.25, -0.2) is 28.8 Å². The number of rotatable bonds is 7. The summed E-state index contributed by atoms with van der Waals surface area (Å²) in [5, 5.41) is 7.15. The number of ether oxygens (including phenoxy) is 2. The van der Waals surface area contributed by atoms with Gasteiger partial charge in [0.2, 0.25) is 5.91 Å². The number of nitrogens with one attached hydrogen (secondary N) is 1. The molecular formula is C31H31FN10O3. The van der Waals surface area contributed by atoms with Crippen LogP contribution in [0.25, 0.3) is 16.7 Å². The number of carbonyl (C=O) groups is 1. The lowest BCUT2D eigenvalue weighted by Gasteiger charge is -2.39. The smallest absolute Gasteiger partial charge is 0.246 e. The number of amides is 1. The molecule has 1 atom stereocenters. The molecule has 0 spiro atoms. The van der Waals surface area contributed by atoms with E-state index >= 15 is 4.39 Å². The average molecular weight is 613 g/mol. The Morgan fingerprint density at radius 3 is 2.98 bits per heavy atom. The molecule has 1 aromatic carbocycles. The van der Waals surface area contributed by atoms with Crippen LogP contribution in [0.15, 0.2) is 61.3 Å². The minimum absolute atomic E-state index is 0.189. The Hall–Kier alpha value is -5.37. The molecule has 5 aromatic rings. The molecule has 6 heterocycles. The van der Waals surface area contributed by atoms with E-state index in [1.807, 2.05) is 11.8 Å². The number of carbonyl (C=O) groups excluding carboxylic acids is 1. The van der Waals surface area contributed by atoms with Gasteiger partial charge in [-0.2, -0.15) is 5.10 Å². The summed E-state index contributed by atoms with van der Waals surface area (Å²) in [5.41, 5.74) is 2.42. The summed E-state index contributed by atoms with van der Waals surface area (Å²) in [5.74, 6) is 1.44. The van der Waals surface area contributed by atoms with Crippen molar-refractivity contribution in [2.75, 3.05) is 57.1 Å². The van der Waals surface area contributed by atoms with Gasteiger partial charge in [-0.3, -0.25) is 4.79 Å². The van der Waals surface area contributed by atoms with Gasteiger partial charge in [-0.15, -0.1) is 0 Å². The SMILES string of the molecule is [2H]C([2H])(/C=C/C(=O)N1CCN2C[C@H]1COc1cc3ncnc(Nc4cc(C)c(Oc5ccn6ncnc6c5)cc4F)c3nc12)N(C)C. The number of halogens is 1. The minimum atomic E-state index is -1.75. The number of aryl methyl sites for hydroxylation is 1. The molecule has 0 unspecified atom stereocenters. The van der Waals surface area contributed by atoms with Gasteiger partial charge < -0.3 is 29.5 Å². The second-order valence-electron chi connectivity index (χ2n) is 10.9. The van der Waals surface area contributed by atoms with E-state index in [4.69, 9.17) is 17.2 Å². The molecule has 2 aliphatic heterocycles. The Bertz CT molecular complexity index is 2040. The van der Waals surface area contributed by atoms with E-state index in [-0.39, 0.29) is 24.2 Å². The highest BCUT2D eigenvalue weighted by molar-refractivity contribution is 5.91. The van der Waals surface area contributed by atoms with E-state index in [1.165, 1.54) is 35.8 Å². The molecule has 0 aliphatic carbocycles. The first-order valence-electron chi connectivity index (χ1n) is 15.3. The fourth-order valence-electron chi connectivity index (χ4n) is 5.39. The summed E-state index contributed by atoms with van der Waals surface area (Å²) in [6.07, 6.45) is 7.07. The zero-order valence-corrected chi connectivity index (χ0v) is 24.8. The van der Waals surface area contributed by atoms with Crippen LogP contribution in [-0.2, 0) is 4.79 Å². The van der Waals surface area contributed by atoms with Crippen LogP contribution in [0.2, 0.25) is 0 Å². The Kier molecular flexibility index (Phi) is 6.73. The second kappa shape index (κ2) is 11.6. The number of hydrogen-bond acceptors (Lipinski definition) is 11. The maximum Gasteiger partial charge on any atom is 0.246 e. The first-order valence-corrected chi connectivity index (χ1v) is 14.3. The van der Waals surface area contributed by atoms with Crippen molar-refractivity contribution in [3.63, 3.8) is 0 Å². The summed E-state index contributed by atoms with van der Waals surface area (Å²) in [7, 11) is 3.22. The quantitative estimate of drug-likeness (QED) is 0.271. The molecule has 1 N–H and O–H groups in total. The maximum absolute atomic E-state index is 15.5. The predicted molar refractivity (Wildman–Crippen MR) is 166 cm³/mol. The molecule has 7 rings (SSSR count). The number of benzene rings is 1. The van der Waals surface area contributed by atoms with Gasteiger partial charge in [0.05, 0.1) is 17.2 Å². The summed E-state index contributed by atoms with van der Waals surface area (Å²) in [4.78, 5) is 36.0. The molecule has 0 radical (unpaired) electrons. The lowest BCUT2D eigenvalue weighted by molar-refractivity contribution is -0.129. The molecular weight excluding hydrogens is 579 g/mol. The van der Waals surface area contributed by atoms with Crippen molar-refractivity contribution in [2.24, 2.45) is 0 Å². The molecule has 14 heteroatoms. The zero-order chi connectivity index (χ0) is 32.9. The van der Waals surface area contributed by atoms with Crippen molar-refractivity contribution in [1.82, 2.24) is 39.3 Å². The van der Waals surface area contributed by atoms with Crippen molar-refractivity contribution in [3.05, 3.63) is 72.7 Å². The van der Waals surface area contributed by atoms with Crippen molar-refractivity contribution >= 4 is 39.9 Å². The highest BCUT2D eigenvalue weighted by atomic mass is 19.1. The number of aromatic nitrogens is 6. The molecule has 1 fully saturated rings. The molecule has 13 nitrogen and oxygen atoms in total. The standard InChI is InChI=1S/C31H31FN10O3/c1-19-11-23(22(32)13-25(19)45-21-6-8-42-27(12-21)34-18-36-42)37-30-29-24(33-17-35-30)14-26-31(38-29)40-9-10-41(20(15-40)16-44-26)28(43)5-4-7-39(2)3/h4-6,8,11-14,17-18,20H,7,9-10,15-16H2,1-3H3,(H,33,35,37)/b5-4+/t20-/m0/s1/i7D2. The van der Waals surface area contributed by atoms with Crippen LogP contribution in [0.3, 0.4) is 0 Å². The maximum atomic E-state index is 15.5. The van der Waals surface area contributed by atoms with Crippen LogP contribution in [0, 0.1) is 12.7 Å². The van der Waals surface area contributed by atoms with Crippen LogP contribution in [0.4, 0.5) is 21.7 Å². The first kappa shape index (κ1) is 26.1. The number of anilines is 3. The summed E-state index contributed by atoms with van der Waals surface area (Å²) < 4.78 is 45.3. The molecule has 0 saturated carbocycles. The first-order chi connectivity index (χ1) is 22.6. The van der Waals surface area contributed by atoms with Gasteiger partial charge in [0.15, 0.2) is 23.0 Å². The topological polar surface area (TPSA) is 126 Å². The van der Waals surface area contributed by atoms with Crippen molar-refractivity contribution in [1.29, 1.82) is 0 Å². The van der Waals surface area contributed by atoms with Gasteiger partial charge in [-0.1, -0.05) is 6.08 Å². The number of piperazine rings is 1. The Balaban J connectivity index is 1.12. The van der Waals surface area contributed by atoms with E-state index in [2.05, 4.69) is 25.4 Å². The van der Waals surface area contributed by atoms with Gasteiger partial charge in [-0.05, 0) is 38.7 Å². The van der Waals surface area contributed by atoms with E-state index < -0.39 is 12.3 Å². The van der Waals surface area contributed by atoms with Gasteiger partial charge in [0.1, 0.15) is 42.1 Å². The van der Waals surface area contributed by atoms with Crippen LogP contribution >= 0.6 is 0 Å². The molecule has 2 aliphatic rings. The highest BCUT2D eigenvalue weighted by Gasteiger charge is 2.35. The molecule has 4 aromatic heterocycles. The zero-order valence-electron chi connectivity index (χ0n) is 26.8. The molecule has 2 bridgehead atoms. The number of hydrogen-bond donors (Lipinski definition) is 1. The monoisotopic (exact) mass is 612 g/mol. The molecule has 1 saturated heterocycles. The van der Waals surface area contributed by atoms with Gasteiger partial charge in [0, 0.05) is 59.3 Å². The highest BCUT2D eigenvalue weighted by Crippen LogP contribution is 2.37. The lowest BCUT2D eigenvalue weighted by Crippen LogP contribution is -2.56. The predicted octanol–water partition coefficient (Wildman–Crippen LogP) is 3.58. The minimum Gasteiger partial charge on any atom is -0.487 e. The fraction of sp³-hybridized carbons (Fsp3) is 0.290. The number of pyridine rings is 2. The van der Waals surface area contributed by atoms with E-state index in [0.29, 0.717) is 70.8 Å². The van der Waals surface area contributed by atoms with Crippen LogP contribution in [0.1, 0.15) is 8.30 Å². The molecule has 45 heavy (non-hydrogen) atoms. The van der Waals surface area contributed by atoms with Crippen LogP contribution in [-0.4, -0.2) is 98.1 Å². The summed E-state index contributed by atoms with van der Waals surface area (Å²) >= 11 is 0. The number of likely N-dealkylation sites (N-methyl/N-ethyl adjacent to an activating group) is 1.